The van der Waals surface area contributed by atoms with E-state index in [2.05, 4.69) is 98.3 Å². The van der Waals surface area contributed by atoms with Crippen molar-refractivity contribution in [3.63, 3.8) is 0 Å². The van der Waals surface area contributed by atoms with E-state index in [1.165, 1.54) is 10.8 Å². The van der Waals surface area contributed by atoms with Crippen molar-refractivity contribution in [2.45, 2.75) is 37.6 Å². The van der Waals surface area contributed by atoms with E-state index >= 15 is 0 Å². The molecule has 0 bridgehead atoms. The Morgan fingerprint density at radius 1 is 0.761 bits per heavy atom. The lowest BCUT2D eigenvalue weighted by Crippen LogP contribution is -2.12. The third kappa shape index (κ3) is 5.31. The molecule has 0 fully saturated rings. The highest BCUT2D eigenvalue weighted by Gasteiger charge is 2.30. The molecule has 0 atom stereocenters. The van der Waals surface area contributed by atoms with Crippen molar-refractivity contribution in [1.29, 1.82) is 0 Å². The van der Waals surface area contributed by atoms with Crippen molar-refractivity contribution in [1.82, 2.24) is 4.57 Å². The first-order chi connectivity index (χ1) is 22.3. The minimum absolute atomic E-state index is 0.0720. The zero-order valence-corrected chi connectivity index (χ0v) is 27.1. The maximum Gasteiger partial charge on any atom is 0.207 e. The summed E-state index contributed by atoms with van der Waals surface area (Å²) in [7, 11) is -1.71. The Labute approximate surface area is 270 Å². The van der Waals surface area contributed by atoms with Gasteiger partial charge in [-0.2, -0.15) is 0 Å². The van der Waals surface area contributed by atoms with Crippen LogP contribution in [-0.2, 0) is 16.9 Å². The second-order valence-corrected chi connectivity index (χ2v) is 14.0. The van der Waals surface area contributed by atoms with Gasteiger partial charge in [0.25, 0.3) is 0 Å². The van der Waals surface area contributed by atoms with Gasteiger partial charge in [-0.25, -0.2) is 8.42 Å². The number of hydrogen-bond acceptors (Lipinski definition) is 3. The molecule has 1 aliphatic carbocycles. The van der Waals surface area contributed by atoms with Crippen LogP contribution in [0.4, 0.5) is 0 Å². The molecule has 7 rings (SSSR count). The standard InChI is InChI=1S/C41H36N2O2S/c1-28(2)42-37(35-19-9-13-29-12-7-8-18-34(29)35)26-24-31-22-23-32(41(31)46(44,45)33-16-5-4-6-17-33)25-27-38-36-20-10-14-30-15-11-21-39(40(30)36)43(38)3/h4-21,24-28H,22-23H2,1-3H3/b26-24+,32-25+,38-27+,42-37?. The van der Waals surface area contributed by atoms with Crippen LogP contribution in [0.3, 0.4) is 0 Å². The number of aromatic nitrogens is 1. The number of aryl methyl sites for hydroxylation is 1. The second kappa shape index (κ2) is 12.1. The lowest BCUT2D eigenvalue weighted by atomic mass is 10.00. The third-order valence-electron chi connectivity index (χ3n) is 8.80. The zero-order chi connectivity index (χ0) is 31.8. The molecule has 0 spiro atoms. The fourth-order valence-electron chi connectivity index (χ4n) is 6.70. The highest BCUT2D eigenvalue weighted by Crippen LogP contribution is 2.39. The summed E-state index contributed by atoms with van der Waals surface area (Å²) in [6.07, 6.45) is 9.34. The number of fused-ring (bicyclic) bond motifs is 1. The predicted octanol–water partition coefficient (Wildman–Crippen LogP) is 8.89. The molecule has 5 aromatic carbocycles. The van der Waals surface area contributed by atoms with E-state index < -0.39 is 9.84 Å². The molecule has 0 amide bonds. The van der Waals surface area contributed by atoms with Gasteiger partial charge in [0.05, 0.1) is 15.5 Å². The summed E-state index contributed by atoms with van der Waals surface area (Å²) in [5.74, 6) is 0. The smallest absolute Gasteiger partial charge is 0.207 e. The van der Waals surface area contributed by atoms with Gasteiger partial charge in [-0.05, 0) is 84.3 Å². The van der Waals surface area contributed by atoms with Gasteiger partial charge in [-0.1, -0.05) is 103 Å². The van der Waals surface area contributed by atoms with Gasteiger partial charge < -0.3 is 4.57 Å². The Bertz CT molecular complexity index is 2400. The zero-order valence-electron chi connectivity index (χ0n) is 26.3. The van der Waals surface area contributed by atoms with Gasteiger partial charge in [-0.15, -0.1) is 0 Å². The monoisotopic (exact) mass is 620 g/mol. The molecule has 0 saturated carbocycles. The van der Waals surface area contributed by atoms with E-state index in [0.29, 0.717) is 22.6 Å². The second-order valence-electron chi connectivity index (χ2n) is 12.1. The average molecular weight is 621 g/mol. The normalized spacial score (nSPS) is 16.0. The SMILES string of the molecule is CC(C)N=C(/C=C/C1=C(S(=O)(=O)c2ccccc2)C(=C/C=c2\c3cccc4cccc(c43)n2C)/CC1)c1cccc2ccccc12. The van der Waals surface area contributed by atoms with E-state index in [1.54, 1.807) is 24.3 Å². The number of nitrogens with zero attached hydrogens (tertiary/aromatic N) is 2. The highest BCUT2D eigenvalue weighted by atomic mass is 32.2. The summed E-state index contributed by atoms with van der Waals surface area (Å²) < 4.78 is 30.8. The first kappa shape index (κ1) is 29.7. The lowest BCUT2D eigenvalue weighted by molar-refractivity contribution is 0.602. The van der Waals surface area contributed by atoms with Gasteiger partial charge in [0.1, 0.15) is 0 Å². The number of benzene rings is 5. The first-order valence-corrected chi connectivity index (χ1v) is 17.3. The Balaban J connectivity index is 1.40. The molecule has 46 heavy (non-hydrogen) atoms. The molecule has 0 unspecified atom stereocenters. The summed E-state index contributed by atoms with van der Waals surface area (Å²) in [4.78, 5) is 5.68. The van der Waals surface area contributed by atoms with E-state index in [9.17, 15) is 8.42 Å². The van der Waals surface area contributed by atoms with Crippen molar-refractivity contribution in [2.75, 3.05) is 0 Å². The summed E-state index contributed by atoms with van der Waals surface area (Å²) >= 11 is 0. The van der Waals surface area contributed by atoms with E-state index in [-0.39, 0.29) is 6.04 Å². The molecule has 0 radical (unpaired) electrons. The van der Waals surface area contributed by atoms with E-state index in [1.807, 2.05) is 36.4 Å². The van der Waals surface area contributed by atoms with Crippen molar-refractivity contribution in [3.05, 3.63) is 154 Å². The highest BCUT2D eigenvalue weighted by molar-refractivity contribution is 7.95. The maximum atomic E-state index is 14.3. The van der Waals surface area contributed by atoms with Gasteiger partial charge in [0.2, 0.25) is 9.84 Å². The largest absolute Gasteiger partial charge is 0.344 e. The van der Waals surface area contributed by atoms with Crippen molar-refractivity contribution >= 4 is 54.1 Å². The molecule has 1 aromatic heterocycles. The van der Waals surface area contributed by atoms with Crippen molar-refractivity contribution < 1.29 is 8.42 Å². The Hall–Kier alpha value is -5.00. The minimum atomic E-state index is -3.78. The lowest BCUT2D eigenvalue weighted by Gasteiger charge is -2.11. The van der Waals surface area contributed by atoms with Crippen molar-refractivity contribution in [2.24, 2.45) is 12.0 Å². The predicted molar refractivity (Wildman–Crippen MR) is 193 cm³/mol. The number of sulfone groups is 1. The van der Waals surface area contributed by atoms with Crippen LogP contribution in [0.1, 0.15) is 32.3 Å². The van der Waals surface area contributed by atoms with Crippen LogP contribution in [-0.4, -0.2) is 24.7 Å². The maximum absolute atomic E-state index is 14.3. The fraction of sp³-hybridized carbons (Fsp3) is 0.146. The molecular formula is C41H36N2O2S. The van der Waals surface area contributed by atoms with Gasteiger partial charge >= 0.3 is 0 Å². The molecule has 4 nitrogen and oxygen atoms in total. The third-order valence-corrected chi connectivity index (χ3v) is 10.8. The molecule has 1 heterocycles. The Kier molecular flexibility index (Phi) is 7.79. The van der Waals surface area contributed by atoms with Crippen LogP contribution in [0, 0.1) is 0 Å². The van der Waals surface area contributed by atoms with Gasteiger partial charge in [0, 0.05) is 40.3 Å². The molecule has 1 aliphatic rings. The summed E-state index contributed by atoms with van der Waals surface area (Å²) in [5, 5.41) is 6.91. The minimum Gasteiger partial charge on any atom is -0.344 e. The Morgan fingerprint density at radius 3 is 2.24 bits per heavy atom. The molecule has 228 valence electrons. The van der Waals surface area contributed by atoms with Crippen LogP contribution in [0.5, 0.6) is 0 Å². The van der Waals surface area contributed by atoms with Crippen LogP contribution in [0.15, 0.2) is 153 Å². The average Bonchev–Trinajstić information content (AvgIpc) is 3.61. The summed E-state index contributed by atoms with van der Waals surface area (Å²) in [5.41, 5.74) is 4.66. The first-order valence-electron chi connectivity index (χ1n) is 15.8. The van der Waals surface area contributed by atoms with Gasteiger partial charge in [-0.3, -0.25) is 4.99 Å². The van der Waals surface area contributed by atoms with Crippen molar-refractivity contribution in [3.8, 4) is 0 Å². The van der Waals surface area contributed by atoms with Crippen LogP contribution in [0.2, 0.25) is 0 Å². The number of allylic oxidation sites excluding steroid dienone is 5. The molecule has 0 saturated heterocycles. The number of rotatable bonds is 7. The Morgan fingerprint density at radius 2 is 1.43 bits per heavy atom. The van der Waals surface area contributed by atoms with E-state index in [4.69, 9.17) is 4.99 Å². The molecule has 0 N–H and O–H groups in total. The quantitative estimate of drug-likeness (QED) is 0.167. The molecule has 0 aliphatic heterocycles. The fourth-order valence-corrected chi connectivity index (χ4v) is 8.48. The van der Waals surface area contributed by atoms with Gasteiger partial charge in [0.15, 0.2) is 0 Å². The molecule has 5 heteroatoms. The molecular weight excluding hydrogens is 585 g/mol. The summed E-state index contributed by atoms with van der Waals surface area (Å²) in [6.45, 7) is 4.12. The van der Waals surface area contributed by atoms with Crippen LogP contribution >= 0.6 is 0 Å². The van der Waals surface area contributed by atoms with Crippen LogP contribution in [0.25, 0.3) is 38.5 Å². The topological polar surface area (TPSA) is 51.4 Å². The summed E-state index contributed by atoms with van der Waals surface area (Å²) in [6, 6.07) is 36.1. The molecule has 6 aromatic rings. The van der Waals surface area contributed by atoms with Crippen LogP contribution < -0.4 is 5.35 Å². The number of hydrogen-bond donors (Lipinski definition) is 0. The number of aliphatic imine (C=N–C) groups is 1. The van der Waals surface area contributed by atoms with E-state index in [0.717, 1.165) is 49.4 Å².